The van der Waals surface area contributed by atoms with Crippen molar-refractivity contribution in [1.29, 1.82) is 0 Å². The third-order valence-electron chi connectivity index (χ3n) is 3.08. The van der Waals surface area contributed by atoms with E-state index in [2.05, 4.69) is 15.1 Å². The maximum atomic E-state index is 12.2. The van der Waals surface area contributed by atoms with Crippen LogP contribution in [-0.4, -0.2) is 30.8 Å². The number of nitrogens with one attached hydrogen (secondary N) is 1. The van der Waals surface area contributed by atoms with Crippen LogP contribution in [0, 0.1) is 0 Å². The lowest BCUT2D eigenvalue weighted by molar-refractivity contribution is -0.137. The molecule has 0 aliphatic heterocycles. The van der Waals surface area contributed by atoms with Crippen molar-refractivity contribution in [2.45, 2.75) is 12.8 Å². The van der Waals surface area contributed by atoms with Gasteiger partial charge in [-0.15, -0.1) is 11.3 Å². The lowest BCUT2D eigenvalue weighted by atomic mass is 10.1. The first-order valence-corrected chi connectivity index (χ1v) is 7.14. The van der Waals surface area contributed by atoms with Crippen LogP contribution in [0.25, 0.3) is 21.3 Å². The van der Waals surface area contributed by atoms with Crippen molar-refractivity contribution in [1.82, 2.24) is 19.7 Å². The molecule has 21 heavy (non-hydrogen) atoms. The van der Waals surface area contributed by atoms with Crippen LogP contribution in [0.2, 0.25) is 0 Å². The zero-order valence-corrected chi connectivity index (χ0v) is 12.0. The minimum Gasteiger partial charge on any atom is -0.481 e. The molecule has 2 N–H and O–H groups in total. The molecule has 108 valence electrons. The Morgan fingerprint density at radius 2 is 2.33 bits per heavy atom. The Balaban J connectivity index is 2.07. The monoisotopic (exact) mass is 304 g/mol. The second-order valence-corrected chi connectivity index (χ2v) is 5.50. The Morgan fingerprint density at radius 1 is 1.52 bits per heavy atom. The normalized spacial score (nSPS) is 11.1. The quantitative estimate of drug-likeness (QED) is 0.758. The van der Waals surface area contributed by atoms with Crippen LogP contribution in [0.15, 0.2) is 22.6 Å². The van der Waals surface area contributed by atoms with Gasteiger partial charge in [0.15, 0.2) is 0 Å². The first kappa shape index (κ1) is 13.5. The summed E-state index contributed by atoms with van der Waals surface area (Å²) in [5, 5.41) is 15.2. The number of aromatic amines is 1. The van der Waals surface area contributed by atoms with Crippen molar-refractivity contribution in [3.05, 3.63) is 34.0 Å². The Labute approximate surface area is 122 Å². The molecule has 0 radical (unpaired) electrons. The Hall–Kier alpha value is -2.48. The molecular formula is C13H12N4O3S. The number of hydrogen-bond donors (Lipinski definition) is 2. The molecule has 0 spiro atoms. The van der Waals surface area contributed by atoms with E-state index in [0.717, 1.165) is 11.1 Å². The second-order valence-electron chi connectivity index (χ2n) is 4.64. The summed E-state index contributed by atoms with van der Waals surface area (Å²) >= 11 is 1.37. The van der Waals surface area contributed by atoms with Gasteiger partial charge in [0.25, 0.3) is 5.56 Å². The highest BCUT2D eigenvalue weighted by molar-refractivity contribution is 7.17. The largest absolute Gasteiger partial charge is 0.481 e. The standard InChI is InChI=1S/C13H12N4O3S/c1-17-5-7(4-14-17)8-6-21-13-11(8)12(20)15-9(16-13)2-3-10(18)19/h4-6H,2-3H2,1H3,(H,18,19)(H,15,16,20). The number of aromatic nitrogens is 4. The maximum absolute atomic E-state index is 12.2. The van der Waals surface area contributed by atoms with Crippen LogP contribution < -0.4 is 5.56 Å². The first-order valence-electron chi connectivity index (χ1n) is 6.26. The van der Waals surface area contributed by atoms with Gasteiger partial charge in [0, 0.05) is 36.2 Å². The van der Waals surface area contributed by atoms with Crippen LogP contribution in [0.5, 0.6) is 0 Å². The average Bonchev–Trinajstić information content (AvgIpc) is 3.02. The SMILES string of the molecule is Cn1cc(-c2csc3nc(CCC(=O)O)[nH]c(=O)c23)cn1. The van der Waals surface area contributed by atoms with E-state index in [1.165, 1.54) is 11.3 Å². The van der Waals surface area contributed by atoms with E-state index in [0.29, 0.717) is 16.0 Å². The molecule has 7 nitrogen and oxygen atoms in total. The average molecular weight is 304 g/mol. The minimum absolute atomic E-state index is 0.0602. The van der Waals surface area contributed by atoms with Gasteiger partial charge >= 0.3 is 5.97 Å². The van der Waals surface area contributed by atoms with E-state index in [9.17, 15) is 9.59 Å². The summed E-state index contributed by atoms with van der Waals surface area (Å²) in [7, 11) is 1.81. The summed E-state index contributed by atoms with van der Waals surface area (Å²) in [6.07, 6.45) is 3.68. The van der Waals surface area contributed by atoms with Gasteiger partial charge in [-0.05, 0) is 0 Å². The molecule has 0 aliphatic carbocycles. The molecule has 0 bridgehead atoms. The summed E-state index contributed by atoms with van der Waals surface area (Å²) in [5.41, 5.74) is 1.40. The van der Waals surface area contributed by atoms with Gasteiger partial charge in [0.2, 0.25) is 0 Å². The van der Waals surface area contributed by atoms with Crippen molar-refractivity contribution in [3.63, 3.8) is 0 Å². The van der Waals surface area contributed by atoms with E-state index in [1.54, 1.807) is 10.9 Å². The summed E-state index contributed by atoms with van der Waals surface area (Å²) in [4.78, 5) is 30.4. The molecule has 0 atom stereocenters. The number of thiophene rings is 1. The predicted octanol–water partition coefficient (Wildman–Crippen LogP) is 1.40. The molecule has 3 heterocycles. The van der Waals surface area contributed by atoms with Crippen LogP contribution in [0.4, 0.5) is 0 Å². The molecule has 8 heteroatoms. The number of carboxylic acids is 1. The van der Waals surface area contributed by atoms with Gasteiger partial charge in [-0.25, -0.2) is 4.98 Å². The van der Waals surface area contributed by atoms with Gasteiger partial charge in [-0.3, -0.25) is 14.3 Å². The summed E-state index contributed by atoms with van der Waals surface area (Å²) in [6.45, 7) is 0. The number of aryl methyl sites for hydroxylation is 2. The fourth-order valence-electron chi connectivity index (χ4n) is 2.11. The van der Waals surface area contributed by atoms with Crippen molar-refractivity contribution in [3.8, 4) is 11.1 Å². The summed E-state index contributed by atoms with van der Waals surface area (Å²) in [5.74, 6) is -0.519. The van der Waals surface area contributed by atoms with Crippen molar-refractivity contribution in [2.24, 2.45) is 7.05 Å². The van der Waals surface area contributed by atoms with Crippen molar-refractivity contribution in [2.75, 3.05) is 0 Å². The van der Waals surface area contributed by atoms with Gasteiger partial charge in [-0.1, -0.05) is 0 Å². The fraction of sp³-hybridized carbons (Fsp3) is 0.231. The topological polar surface area (TPSA) is 101 Å². The molecular weight excluding hydrogens is 292 g/mol. The number of carboxylic acid groups (broad SMARTS) is 1. The van der Waals surface area contributed by atoms with Gasteiger partial charge < -0.3 is 10.1 Å². The zero-order valence-electron chi connectivity index (χ0n) is 11.2. The molecule has 3 rings (SSSR count). The summed E-state index contributed by atoms with van der Waals surface area (Å²) in [6, 6.07) is 0. The van der Waals surface area contributed by atoms with Gasteiger partial charge in [0.05, 0.1) is 18.0 Å². The maximum Gasteiger partial charge on any atom is 0.303 e. The number of aliphatic carboxylic acids is 1. The van der Waals surface area contributed by atoms with Crippen molar-refractivity contribution < 1.29 is 9.90 Å². The lowest BCUT2D eigenvalue weighted by Crippen LogP contribution is -2.12. The van der Waals surface area contributed by atoms with E-state index in [-0.39, 0.29) is 18.4 Å². The summed E-state index contributed by atoms with van der Waals surface area (Å²) < 4.78 is 1.67. The number of fused-ring (bicyclic) bond motifs is 1. The fourth-order valence-corrected chi connectivity index (χ4v) is 3.08. The lowest BCUT2D eigenvalue weighted by Gasteiger charge is -1.99. The van der Waals surface area contributed by atoms with E-state index < -0.39 is 5.97 Å². The molecule has 3 aromatic rings. The number of H-pyrrole nitrogens is 1. The third-order valence-corrected chi connectivity index (χ3v) is 3.96. The van der Waals surface area contributed by atoms with Crippen molar-refractivity contribution >= 4 is 27.5 Å². The van der Waals surface area contributed by atoms with Gasteiger partial charge in [0.1, 0.15) is 10.7 Å². The molecule has 0 unspecified atom stereocenters. The Morgan fingerprint density at radius 3 is 3.00 bits per heavy atom. The molecule has 3 aromatic heterocycles. The highest BCUT2D eigenvalue weighted by atomic mass is 32.1. The first-order chi connectivity index (χ1) is 10.0. The predicted molar refractivity (Wildman–Crippen MR) is 78.4 cm³/mol. The zero-order chi connectivity index (χ0) is 15.0. The molecule has 0 saturated heterocycles. The van der Waals surface area contributed by atoms with E-state index >= 15 is 0 Å². The van der Waals surface area contributed by atoms with Crippen LogP contribution in [0.3, 0.4) is 0 Å². The third kappa shape index (κ3) is 2.57. The van der Waals surface area contributed by atoms with Crippen LogP contribution in [0.1, 0.15) is 12.2 Å². The molecule has 0 fully saturated rings. The number of nitrogens with zero attached hydrogens (tertiary/aromatic N) is 3. The smallest absolute Gasteiger partial charge is 0.303 e. The highest BCUT2D eigenvalue weighted by Crippen LogP contribution is 2.30. The number of rotatable bonds is 4. The second kappa shape index (κ2) is 5.13. The molecule has 0 aromatic carbocycles. The van der Waals surface area contributed by atoms with E-state index in [4.69, 9.17) is 5.11 Å². The van der Waals surface area contributed by atoms with Crippen LogP contribution in [-0.2, 0) is 18.3 Å². The molecule has 0 saturated carbocycles. The Bertz CT molecular complexity index is 877. The molecule has 0 aliphatic rings. The number of carbonyl (C=O) groups is 1. The minimum atomic E-state index is -0.917. The van der Waals surface area contributed by atoms with E-state index in [1.807, 2.05) is 18.6 Å². The molecule has 0 amide bonds. The number of hydrogen-bond acceptors (Lipinski definition) is 5. The Kier molecular flexibility index (Phi) is 3.30. The van der Waals surface area contributed by atoms with Crippen LogP contribution >= 0.6 is 11.3 Å². The van der Waals surface area contributed by atoms with Gasteiger partial charge in [-0.2, -0.15) is 5.10 Å². The highest BCUT2D eigenvalue weighted by Gasteiger charge is 2.14.